The van der Waals surface area contributed by atoms with Crippen LogP contribution in [0, 0.1) is 5.82 Å². The van der Waals surface area contributed by atoms with Crippen molar-refractivity contribution in [3.63, 3.8) is 0 Å². The van der Waals surface area contributed by atoms with Gasteiger partial charge >= 0.3 is 5.97 Å². The molecule has 0 spiro atoms. The molecule has 4 nitrogen and oxygen atoms in total. The van der Waals surface area contributed by atoms with Gasteiger partial charge < -0.3 is 10.4 Å². The number of carbonyl (C=O) groups excluding carboxylic acids is 1. The number of carboxylic acid groups (broad SMARTS) is 1. The molecule has 1 aliphatic rings. The van der Waals surface area contributed by atoms with Crippen molar-refractivity contribution in [2.24, 2.45) is 0 Å². The number of benzene rings is 2. The van der Waals surface area contributed by atoms with Crippen molar-refractivity contribution in [1.29, 1.82) is 0 Å². The summed E-state index contributed by atoms with van der Waals surface area (Å²) < 4.78 is 13.0. The second kappa shape index (κ2) is 6.83. The second-order valence-corrected chi connectivity index (χ2v) is 6.12. The maximum absolute atomic E-state index is 13.0. The molecule has 1 aliphatic carbocycles. The molecule has 1 amide bonds. The smallest absolute Gasteiger partial charge is 0.335 e. The van der Waals surface area contributed by atoms with Crippen LogP contribution in [-0.4, -0.2) is 23.0 Å². The van der Waals surface area contributed by atoms with Crippen LogP contribution < -0.4 is 5.32 Å². The van der Waals surface area contributed by atoms with E-state index < -0.39 is 5.97 Å². The molecule has 2 atom stereocenters. The SMILES string of the molecule is O=C(O)c1cccc(C(=O)NC2CCC(c3ccc(F)cc3)C2)c1. The zero-order valence-corrected chi connectivity index (χ0v) is 13.0. The number of nitrogens with one attached hydrogen (secondary N) is 1. The third-order valence-electron chi connectivity index (χ3n) is 4.48. The van der Waals surface area contributed by atoms with Crippen LogP contribution in [0.5, 0.6) is 0 Å². The van der Waals surface area contributed by atoms with E-state index in [4.69, 9.17) is 5.11 Å². The summed E-state index contributed by atoms with van der Waals surface area (Å²) in [7, 11) is 0. The first kappa shape index (κ1) is 16.2. The van der Waals surface area contributed by atoms with Crippen LogP contribution in [0.2, 0.25) is 0 Å². The minimum atomic E-state index is -1.05. The molecule has 124 valence electrons. The van der Waals surface area contributed by atoms with E-state index in [1.54, 1.807) is 24.3 Å². The number of amides is 1. The summed E-state index contributed by atoms with van der Waals surface area (Å²) in [5, 5.41) is 12.0. The maximum Gasteiger partial charge on any atom is 0.335 e. The highest BCUT2D eigenvalue weighted by atomic mass is 19.1. The highest BCUT2D eigenvalue weighted by Crippen LogP contribution is 2.34. The van der Waals surface area contributed by atoms with Crippen LogP contribution in [-0.2, 0) is 0 Å². The first-order chi connectivity index (χ1) is 11.5. The fourth-order valence-corrected chi connectivity index (χ4v) is 3.21. The summed E-state index contributed by atoms with van der Waals surface area (Å²) in [6, 6.07) is 12.5. The van der Waals surface area contributed by atoms with Crippen molar-refractivity contribution in [3.8, 4) is 0 Å². The molecule has 0 aliphatic heterocycles. The average molecular weight is 327 g/mol. The molecule has 0 saturated heterocycles. The lowest BCUT2D eigenvalue weighted by Crippen LogP contribution is -2.33. The van der Waals surface area contributed by atoms with Crippen molar-refractivity contribution in [2.75, 3.05) is 0 Å². The third-order valence-corrected chi connectivity index (χ3v) is 4.48. The molecule has 0 heterocycles. The predicted molar refractivity (Wildman–Crippen MR) is 87.6 cm³/mol. The van der Waals surface area contributed by atoms with Gasteiger partial charge in [0.15, 0.2) is 0 Å². The van der Waals surface area contributed by atoms with E-state index in [-0.39, 0.29) is 23.3 Å². The van der Waals surface area contributed by atoms with E-state index in [9.17, 15) is 14.0 Å². The molecule has 2 unspecified atom stereocenters. The van der Waals surface area contributed by atoms with Gasteiger partial charge in [-0.3, -0.25) is 4.79 Å². The Kier molecular flexibility index (Phi) is 4.60. The van der Waals surface area contributed by atoms with Crippen LogP contribution in [0.25, 0.3) is 0 Å². The third kappa shape index (κ3) is 3.62. The number of hydrogen-bond donors (Lipinski definition) is 2. The quantitative estimate of drug-likeness (QED) is 0.902. The van der Waals surface area contributed by atoms with E-state index >= 15 is 0 Å². The van der Waals surface area contributed by atoms with Crippen molar-refractivity contribution < 1.29 is 19.1 Å². The van der Waals surface area contributed by atoms with Gasteiger partial charge in [-0.15, -0.1) is 0 Å². The number of carboxylic acids is 1. The van der Waals surface area contributed by atoms with Crippen molar-refractivity contribution in [3.05, 3.63) is 71.0 Å². The zero-order chi connectivity index (χ0) is 17.1. The van der Waals surface area contributed by atoms with E-state index in [2.05, 4.69) is 5.32 Å². The molecular weight excluding hydrogens is 309 g/mol. The molecule has 3 rings (SSSR count). The number of halogens is 1. The summed E-state index contributed by atoms with van der Waals surface area (Å²) >= 11 is 0. The van der Waals surface area contributed by atoms with E-state index in [0.29, 0.717) is 11.5 Å². The molecule has 2 N–H and O–H groups in total. The Morgan fingerprint density at radius 3 is 2.46 bits per heavy atom. The molecular formula is C19H18FNO3. The number of rotatable bonds is 4. The normalized spacial score (nSPS) is 19.9. The van der Waals surface area contributed by atoms with E-state index in [1.165, 1.54) is 24.3 Å². The Bertz CT molecular complexity index is 757. The van der Waals surface area contributed by atoms with Gasteiger partial charge in [0.05, 0.1) is 5.56 Å². The molecule has 2 aromatic carbocycles. The minimum Gasteiger partial charge on any atom is -0.478 e. The number of carbonyl (C=O) groups is 2. The predicted octanol–water partition coefficient (Wildman–Crippen LogP) is 3.59. The molecule has 1 saturated carbocycles. The maximum atomic E-state index is 13.0. The fourth-order valence-electron chi connectivity index (χ4n) is 3.21. The van der Waals surface area contributed by atoms with Crippen LogP contribution >= 0.6 is 0 Å². The summed E-state index contributed by atoms with van der Waals surface area (Å²) in [5.74, 6) is -1.26. The van der Waals surface area contributed by atoms with Gasteiger partial charge in [-0.05, 0) is 61.1 Å². The van der Waals surface area contributed by atoms with Crippen molar-refractivity contribution in [2.45, 2.75) is 31.2 Å². The number of hydrogen-bond acceptors (Lipinski definition) is 2. The Balaban J connectivity index is 1.63. The number of aromatic carboxylic acids is 1. The standard InChI is InChI=1S/C19H18FNO3/c20-16-7-4-12(5-8-16)13-6-9-17(11-13)21-18(22)14-2-1-3-15(10-14)19(23)24/h1-5,7-8,10,13,17H,6,9,11H2,(H,21,22)(H,23,24). The van der Waals surface area contributed by atoms with Crippen LogP contribution in [0.4, 0.5) is 4.39 Å². The van der Waals surface area contributed by atoms with Crippen LogP contribution in [0.1, 0.15) is 51.5 Å². The topological polar surface area (TPSA) is 66.4 Å². The molecule has 5 heteroatoms. The molecule has 0 bridgehead atoms. The summed E-state index contributed by atoms with van der Waals surface area (Å²) in [4.78, 5) is 23.3. The molecule has 2 aromatic rings. The lowest BCUT2D eigenvalue weighted by atomic mass is 9.97. The highest BCUT2D eigenvalue weighted by molar-refractivity contribution is 5.97. The lowest BCUT2D eigenvalue weighted by molar-refractivity contribution is 0.0697. The first-order valence-electron chi connectivity index (χ1n) is 7.92. The lowest BCUT2D eigenvalue weighted by Gasteiger charge is -2.14. The largest absolute Gasteiger partial charge is 0.478 e. The first-order valence-corrected chi connectivity index (χ1v) is 7.92. The van der Waals surface area contributed by atoms with Crippen molar-refractivity contribution >= 4 is 11.9 Å². The average Bonchev–Trinajstić information content (AvgIpc) is 3.04. The summed E-state index contributed by atoms with van der Waals surface area (Å²) in [6.07, 6.45) is 2.59. The highest BCUT2D eigenvalue weighted by Gasteiger charge is 2.27. The van der Waals surface area contributed by atoms with E-state index in [0.717, 1.165) is 24.8 Å². The van der Waals surface area contributed by atoms with Gasteiger partial charge in [0.25, 0.3) is 5.91 Å². The fraction of sp³-hybridized carbons (Fsp3) is 0.263. The van der Waals surface area contributed by atoms with Gasteiger partial charge in [-0.25, -0.2) is 9.18 Å². The van der Waals surface area contributed by atoms with Gasteiger partial charge in [0.1, 0.15) is 5.82 Å². The van der Waals surface area contributed by atoms with E-state index in [1.807, 2.05) is 0 Å². The van der Waals surface area contributed by atoms with Crippen LogP contribution in [0.15, 0.2) is 48.5 Å². The van der Waals surface area contributed by atoms with Gasteiger partial charge in [0.2, 0.25) is 0 Å². The second-order valence-electron chi connectivity index (χ2n) is 6.12. The Morgan fingerprint density at radius 2 is 1.75 bits per heavy atom. The summed E-state index contributed by atoms with van der Waals surface area (Å²) in [5.41, 5.74) is 1.53. The zero-order valence-electron chi connectivity index (χ0n) is 13.0. The van der Waals surface area contributed by atoms with Gasteiger partial charge in [-0.2, -0.15) is 0 Å². The summed E-state index contributed by atoms with van der Waals surface area (Å²) in [6.45, 7) is 0. The Labute approximate surface area is 139 Å². The molecule has 1 fully saturated rings. The molecule has 0 aromatic heterocycles. The Morgan fingerprint density at radius 1 is 1.04 bits per heavy atom. The minimum absolute atomic E-state index is 0.0426. The van der Waals surface area contributed by atoms with Gasteiger partial charge in [0, 0.05) is 11.6 Å². The molecule has 24 heavy (non-hydrogen) atoms. The van der Waals surface area contributed by atoms with Crippen molar-refractivity contribution in [1.82, 2.24) is 5.32 Å². The Hall–Kier alpha value is -2.69. The molecule has 0 radical (unpaired) electrons. The monoisotopic (exact) mass is 327 g/mol. The van der Waals surface area contributed by atoms with Gasteiger partial charge in [-0.1, -0.05) is 18.2 Å². The van der Waals surface area contributed by atoms with Crippen LogP contribution in [0.3, 0.4) is 0 Å².